The minimum absolute atomic E-state index is 0.00843. The minimum Gasteiger partial charge on any atom is -0.480 e. The molecule has 4 nitrogen and oxygen atoms in total. The fourth-order valence-corrected chi connectivity index (χ4v) is 1.49. The smallest absolute Gasteiger partial charge is 0.319 e. The van der Waals surface area contributed by atoms with Crippen LogP contribution in [0.25, 0.3) is 0 Å². The molecule has 1 saturated heterocycles. The van der Waals surface area contributed by atoms with Gasteiger partial charge in [-0.2, -0.15) is 0 Å². The van der Waals surface area contributed by atoms with Gasteiger partial charge in [-0.25, -0.2) is 0 Å². The highest BCUT2D eigenvalue weighted by atomic mass is 16.5. The van der Waals surface area contributed by atoms with Gasteiger partial charge in [0, 0.05) is 6.42 Å². The van der Waals surface area contributed by atoms with E-state index >= 15 is 0 Å². The first kappa shape index (κ1) is 10.9. The van der Waals surface area contributed by atoms with Gasteiger partial charge in [-0.3, -0.25) is 9.59 Å². The van der Waals surface area contributed by atoms with Crippen LogP contribution in [0, 0.1) is 5.41 Å². The van der Waals surface area contributed by atoms with Gasteiger partial charge >= 0.3 is 5.97 Å². The Hall–Kier alpha value is -1.16. The number of hydrogen-bond acceptors (Lipinski definition) is 3. The quantitative estimate of drug-likeness (QED) is 0.543. The second-order valence-electron chi connectivity index (χ2n) is 3.39. The molecule has 0 spiro atoms. The van der Waals surface area contributed by atoms with Gasteiger partial charge in [0.2, 0.25) is 0 Å². The van der Waals surface area contributed by atoms with Gasteiger partial charge in [-0.15, -0.1) is 0 Å². The third kappa shape index (κ3) is 1.85. The molecule has 1 atom stereocenters. The molecule has 0 aromatic carbocycles. The van der Waals surface area contributed by atoms with Crippen molar-refractivity contribution in [1.82, 2.24) is 0 Å². The van der Waals surface area contributed by atoms with Crippen LogP contribution in [0.1, 0.15) is 19.8 Å². The van der Waals surface area contributed by atoms with Crippen molar-refractivity contribution in [2.75, 3.05) is 13.2 Å². The Labute approximate surface area is 82.6 Å². The summed E-state index contributed by atoms with van der Waals surface area (Å²) in [5.74, 6) is -1.31. The van der Waals surface area contributed by atoms with Gasteiger partial charge in [-0.05, 0) is 13.3 Å². The zero-order chi connectivity index (χ0) is 10.6. The van der Waals surface area contributed by atoms with Gasteiger partial charge in [0.1, 0.15) is 0 Å². The molecule has 0 radical (unpaired) electrons. The van der Waals surface area contributed by atoms with Crippen LogP contribution in [0.4, 0.5) is 0 Å². The monoisotopic (exact) mass is 198 g/mol. The van der Waals surface area contributed by atoms with Gasteiger partial charge < -0.3 is 9.84 Å². The third-order valence-electron chi connectivity index (χ3n) is 2.47. The van der Waals surface area contributed by atoms with E-state index < -0.39 is 11.4 Å². The molecule has 0 aliphatic carbocycles. The molecule has 1 N–H and O–H groups in total. The maximum absolute atomic E-state index is 11.6. The summed E-state index contributed by atoms with van der Waals surface area (Å²) in [4.78, 5) is 22.6. The molecule has 4 heteroatoms. The molecule has 14 heavy (non-hydrogen) atoms. The highest BCUT2D eigenvalue weighted by Crippen LogP contribution is 2.30. The number of aliphatic carboxylic acids is 1. The Morgan fingerprint density at radius 2 is 2.43 bits per heavy atom. The average Bonchev–Trinajstić information content (AvgIpc) is 2.16. The number of carboxylic acid groups (broad SMARTS) is 1. The van der Waals surface area contributed by atoms with Crippen LogP contribution in [-0.4, -0.2) is 30.1 Å². The predicted molar refractivity (Wildman–Crippen MR) is 49.9 cm³/mol. The Morgan fingerprint density at radius 3 is 2.93 bits per heavy atom. The molecule has 0 amide bonds. The Kier molecular flexibility index (Phi) is 3.41. The lowest BCUT2D eigenvalue weighted by Gasteiger charge is -2.30. The maximum Gasteiger partial charge on any atom is 0.319 e. The number of Topliss-reactive ketones (excluding diaryl/α,β-unsaturated/α-hetero) is 1. The van der Waals surface area contributed by atoms with Crippen LogP contribution in [0.15, 0.2) is 12.2 Å². The molecule has 0 saturated carbocycles. The van der Waals surface area contributed by atoms with Crippen molar-refractivity contribution < 1.29 is 19.4 Å². The average molecular weight is 198 g/mol. The SMILES string of the molecule is C/C=C/CC1(C(=O)O)COCCC1=O. The predicted octanol–water partition coefficient (Wildman–Crippen LogP) is 1.01. The van der Waals surface area contributed by atoms with Crippen LogP contribution in [0.2, 0.25) is 0 Å². The van der Waals surface area contributed by atoms with Crippen LogP contribution in [-0.2, 0) is 14.3 Å². The van der Waals surface area contributed by atoms with E-state index in [1.807, 2.05) is 0 Å². The van der Waals surface area contributed by atoms with Crippen LogP contribution < -0.4 is 0 Å². The number of ketones is 1. The van der Waals surface area contributed by atoms with E-state index in [4.69, 9.17) is 9.84 Å². The minimum atomic E-state index is -1.34. The summed E-state index contributed by atoms with van der Waals surface area (Å²) in [5.41, 5.74) is -1.34. The fourth-order valence-electron chi connectivity index (χ4n) is 1.49. The van der Waals surface area contributed by atoms with Crippen LogP contribution in [0.5, 0.6) is 0 Å². The second kappa shape index (κ2) is 4.37. The van der Waals surface area contributed by atoms with Crippen molar-refractivity contribution >= 4 is 11.8 Å². The normalized spacial score (nSPS) is 28.2. The number of allylic oxidation sites excluding steroid dienone is 2. The summed E-state index contributed by atoms with van der Waals surface area (Å²) in [6.07, 6.45) is 3.86. The molecular weight excluding hydrogens is 184 g/mol. The summed E-state index contributed by atoms with van der Waals surface area (Å²) >= 11 is 0. The van der Waals surface area contributed by atoms with Gasteiger partial charge in [0.25, 0.3) is 0 Å². The van der Waals surface area contributed by atoms with E-state index in [0.29, 0.717) is 6.61 Å². The van der Waals surface area contributed by atoms with Gasteiger partial charge in [0.05, 0.1) is 13.2 Å². The van der Waals surface area contributed by atoms with E-state index in [9.17, 15) is 9.59 Å². The van der Waals surface area contributed by atoms with Gasteiger partial charge in [-0.1, -0.05) is 12.2 Å². The van der Waals surface area contributed by atoms with Crippen molar-refractivity contribution in [2.24, 2.45) is 5.41 Å². The largest absolute Gasteiger partial charge is 0.480 e. The molecule has 1 fully saturated rings. The number of carboxylic acids is 1. The van der Waals surface area contributed by atoms with Crippen molar-refractivity contribution in [3.63, 3.8) is 0 Å². The van der Waals surface area contributed by atoms with E-state index in [1.54, 1.807) is 19.1 Å². The van der Waals surface area contributed by atoms with Crippen LogP contribution >= 0.6 is 0 Å². The molecule has 1 heterocycles. The van der Waals surface area contributed by atoms with E-state index in [2.05, 4.69) is 0 Å². The van der Waals surface area contributed by atoms with E-state index in [-0.39, 0.29) is 25.2 Å². The standard InChI is InChI=1S/C10H14O4/c1-2-3-5-10(9(12)13)7-14-6-4-8(10)11/h2-3H,4-7H2,1H3,(H,12,13)/b3-2+. The van der Waals surface area contributed by atoms with Gasteiger partial charge in [0.15, 0.2) is 11.2 Å². The molecule has 1 rings (SSSR count). The zero-order valence-corrected chi connectivity index (χ0v) is 8.16. The zero-order valence-electron chi connectivity index (χ0n) is 8.16. The molecule has 1 aliphatic rings. The van der Waals surface area contributed by atoms with Crippen molar-refractivity contribution in [3.8, 4) is 0 Å². The number of hydrogen-bond donors (Lipinski definition) is 1. The number of carbonyl (C=O) groups is 2. The molecule has 1 aliphatic heterocycles. The number of carbonyl (C=O) groups excluding carboxylic acids is 1. The lowest BCUT2D eigenvalue weighted by atomic mass is 9.78. The molecule has 0 bridgehead atoms. The maximum atomic E-state index is 11.6. The van der Waals surface area contributed by atoms with Crippen LogP contribution in [0.3, 0.4) is 0 Å². The Bertz CT molecular complexity index is 269. The Balaban J connectivity index is 2.89. The number of rotatable bonds is 3. The first-order valence-electron chi connectivity index (χ1n) is 4.59. The Morgan fingerprint density at radius 1 is 1.71 bits per heavy atom. The van der Waals surface area contributed by atoms with E-state index in [0.717, 1.165) is 0 Å². The highest BCUT2D eigenvalue weighted by Gasteiger charge is 2.46. The van der Waals surface area contributed by atoms with Crippen molar-refractivity contribution in [3.05, 3.63) is 12.2 Å². The molecule has 0 aromatic rings. The van der Waals surface area contributed by atoms with Crippen molar-refractivity contribution in [2.45, 2.75) is 19.8 Å². The lowest BCUT2D eigenvalue weighted by Crippen LogP contribution is -2.46. The fraction of sp³-hybridized carbons (Fsp3) is 0.600. The third-order valence-corrected chi connectivity index (χ3v) is 2.47. The summed E-state index contributed by atoms with van der Waals surface area (Å²) in [6, 6.07) is 0. The molecular formula is C10H14O4. The summed E-state index contributed by atoms with van der Waals surface area (Å²) < 4.78 is 5.08. The summed E-state index contributed by atoms with van der Waals surface area (Å²) in [6.45, 7) is 2.12. The summed E-state index contributed by atoms with van der Waals surface area (Å²) in [5, 5.41) is 9.05. The lowest BCUT2D eigenvalue weighted by molar-refractivity contribution is -0.164. The topological polar surface area (TPSA) is 63.6 Å². The molecule has 78 valence electrons. The number of ether oxygens (including phenoxy) is 1. The van der Waals surface area contributed by atoms with Crippen molar-refractivity contribution in [1.29, 1.82) is 0 Å². The van der Waals surface area contributed by atoms with E-state index in [1.165, 1.54) is 0 Å². The second-order valence-corrected chi connectivity index (χ2v) is 3.39. The first-order valence-corrected chi connectivity index (χ1v) is 4.59. The highest BCUT2D eigenvalue weighted by molar-refractivity contribution is 6.03. The molecule has 1 unspecified atom stereocenters. The molecule has 0 aromatic heterocycles. The first-order chi connectivity index (χ1) is 6.63. The summed E-state index contributed by atoms with van der Waals surface area (Å²) in [7, 11) is 0.